The van der Waals surface area contributed by atoms with Gasteiger partial charge in [-0.1, -0.05) is 15.9 Å². The summed E-state index contributed by atoms with van der Waals surface area (Å²) in [6.07, 6.45) is 0. The van der Waals surface area contributed by atoms with Crippen LogP contribution < -0.4 is 5.32 Å². The number of hydrogen-bond donors (Lipinski definition) is 2. The number of carboxylic acid groups (broad SMARTS) is 1. The van der Waals surface area contributed by atoms with E-state index in [4.69, 9.17) is 5.11 Å². The van der Waals surface area contributed by atoms with Crippen molar-refractivity contribution in [1.82, 2.24) is 5.32 Å². The Morgan fingerprint density at radius 3 is 2.75 bits per heavy atom. The third-order valence-corrected chi connectivity index (χ3v) is 4.90. The Labute approximate surface area is 135 Å². The van der Waals surface area contributed by atoms with Gasteiger partial charge in [-0.25, -0.2) is 0 Å². The number of aryl methyl sites for hydroxylation is 1. The van der Waals surface area contributed by atoms with Gasteiger partial charge >= 0.3 is 5.97 Å². The minimum absolute atomic E-state index is 0.0340. The molecule has 110 valence electrons. The van der Waals surface area contributed by atoms with Crippen molar-refractivity contribution in [1.29, 1.82) is 0 Å². The van der Waals surface area contributed by atoms with E-state index in [9.17, 15) is 9.59 Å². The van der Waals surface area contributed by atoms with Gasteiger partial charge < -0.3 is 10.4 Å². The third kappa shape index (κ3) is 7.21. The number of hydrogen-bond acceptors (Lipinski definition) is 4. The van der Waals surface area contributed by atoms with Crippen LogP contribution in [0.2, 0.25) is 0 Å². The summed E-state index contributed by atoms with van der Waals surface area (Å²) < 4.78 is 1.03. The van der Waals surface area contributed by atoms with Gasteiger partial charge in [0, 0.05) is 21.7 Å². The Hall–Kier alpha value is -0.660. The Bertz CT molecular complexity index is 483. The topological polar surface area (TPSA) is 66.4 Å². The predicted molar refractivity (Wildman–Crippen MR) is 87.6 cm³/mol. The molecule has 7 heteroatoms. The first kappa shape index (κ1) is 17.4. The van der Waals surface area contributed by atoms with Gasteiger partial charge in [-0.15, -0.1) is 23.5 Å². The van der Waals surface area contributed by atoms with E-state index in [1.54, 1.807) is 0 Å². The molecule has 1 aromatic rings. The summed E-state index contributed by atoms with van der Waals surface area (Å²) in [6, 6.07) is 5.96. The average Bonchev–Trinajstić information content (AvgIpc) is 2.37. The van der Waals surface area contributed by atoms with Gasteiger partial charge in [0.05, 0.1) is 11.5 Å². The number of aliphatic carboxylic acids is 1. The van der Waals surface area contributed by atoms with Crippen molar-refractivity contribution in [3.05, 3.63) is 28.2 Å². The van der Waals surface area contributed by atoms with Crippen LogP contribution in [0.4, 0.5) is 0 Å². The molecule has 1 aromatic carbocycles. The monoisotopic (exact) mass is 377 g/mol. The summed E-state index contributed by atoms with van der Waals surface area (Å²) in [5.41, 5.74) is 1.13. The first-order chi connectivity index (χ1) is 9.49. The highest BCUT2D eigenvalue weighted by molar-refractivity contribution is 9.10. The van der Waals surface area contributed by atoms with E-state index in [-0.39, 0.29) is 11.7 Å². The molecule has 2 N–H and O–H groups in total. The Balaban J connectivity index is 2.21. The number of thioether (sulfide) groups is 2. The number of benzene rings is 1. The zero-order chi connectivity index (χ0) is 15.0. The second kappa shape index (κ2) is 9.31. The molecule has 0 fully saturated rings. The van der Waals surface area contributed by atoms with Crippen molar-refractivity contribution >= 4 is 51.3 Å². The minimum Gasteiger partial charge on any atom is -0.481 e. The lowest BCUT2D eigenvalue weighted by Crippen LogP contribution is -2.27. The van der Waals surface area contributed by atoms with Gasteiger partial charge in [-0.3, -0.25) is 9.59 Å². The molecule has 0 bridgehead atoms. The molecule has 0 radical (unpaired) electrons. The molecular formula is C13H16BrNO3S2. The first-order valence-corrected chi connectivity index (χ1v) is 8.87. The molecule has 0 aliphatic heterocycles. The van der Waals surface area contributed by atoms with Gasteiger partial charge in [0.15, 0.2) is 0 Å². The summed E-state index contributed by atoms with van der Waals surface area (Å²) in [5.74, 6) is 0.185. The third-order valence-electron chi connectivity index (χ3n) is 2.29. The summed E-state index contributed by atoms with van der Waals surface area (Å²) in [4.78, 5) is 23.0. The molecule has 4 nitrogen and oxygen atoms in total. The van der Waals surface area contributed by atoms with Crippen LogP contribution in [0.5, 0.6) is 0 Å². The van der Waals surface area contributed by atoms with Crippen LogP contribution >= 0.6 is 39.5 Å². The second-order valence-electron chi connectivity index (χ2n) is 3.99. The Morgan fingerprint density at radius 1 is 1.35 bits per heavy atom. The van der Waals surface area contributed by atoms with Crippen molar-refractivity contribution in [2.24, 2.45) is 0 Å². The van der Waals surface area contributed by atoms with E-state index >= 15 is 0 Å². The van der Waals surface area contributed by atoms with Crippen LogP contribution in [0, 0.1) is 6.92 Å². The number of carbonyl (C=O) groups is 2. The van der Waals surface area contributed by atoms with Crippen molar-refractivity contribution in [3.8, 4) is 0 Å². The Morgan fingerprint density at radius 2 is 2.10 bits per heavy atom. The smallest absolute Gasteiger partial charge is 0.313 e. The lowest BCUT2D eigenvalue weighted by atomic mass is 10.2. The molecule has 0 spiro atoms. The molecule has 0 aliphatic rings. The molecule has 0 atom stereocenters. The molecule has 0 unspecified atom stereocenters. The molecule has 20 heavy (non-hydrogen) atoms. The second-order valence-corrected chi connectivity index (χ2v) is 7.03. The van der Waals surface area contributed by atoms with Crippen LogP contribution in [0.3, 0.4) is 0 Å². The number of amides is 1. The van der Waals surface area contributed by atoms with E-state index in [0.717, 1.165) is 14.9 Å². The largest absolute Gasteiger partial charge is 0.481 e. The molecular weight excluding hydrogens is 362 g/mol. The number of rotatable bonds is 8. The predicted octanol–water partition coefficient (Wildman–Crippen LogP) is 2.78. The number of carbonyl (C=O) groups excluding carboxylic acids is 1. The summed E-state index contributed by atoms with van der Waals surface area (Å²) in [7, 11) is 0. The zero-order valence-electron chi connectivity index (χ0n) is 11.0. The standard InChI is InChI=1S/C13H16BrNO3S2/c1-9-6-10(14)2-3-11(9)20-7-12(16)15-4-5-19-8-13(17)18/h2-3,6H,4-5,7-8H2,1H3,(H,15,16)(H,17,18). The lowest BCUT2D eigenvalue weighted by molar-refractivity contribution is -0.133. The molecule has 1 rings (SSSR count). The number of halogens is 1. The average molecular weight is 378 g/mol. The number of nitrogens with one attached hydrogen (secondary N) is 1. The normalized spacial score (nSPS) is 10.3. The molecule has 1 amide bonds. The SMILES string of the molecule is Cc1cc(Br)ccc1SCC(=O)NCCSCC(=O)O. The molecule has 0 aromatic heterocycles. The minimum atomic E-state index is -0.831. The maximum Gasteiger partial charge on any atom is 0.313 e. The highest BCUT2D eigenvalue weighted by Gasteiger charge is 2.05. The molecule has 0 saturated heterocycles. The maximum atomic E-state index is 11.6. The summed E-state index contributed by atoms with van der Waals surface area (Å²) in [5, 5.41) is 11.2. The van der Waals surface area contributed by atoms with Crippen LogP contribution in [-0.4, -0.2) is 40.8 Å². The van der Waals surface area contributed by atoms with E-state index in [2.05, 4.69) is 21.2 Å². The highest BCUT2D eigenvalue weighted by Crippen LogP contribution is 2.24. The van der Waals surface area contributed by atoms with E-state index in [1.165, 1.54) is 23.5 Å². The molecule has 0 heterocycles. The summed E-state index contributed by atoms with van der Waals surface area (Å²) >= 11 is 6.20. The fourth-order valence-electron chi connectivity index (χ4n) is 1.39. The van der Waals surface area contributed by atoms with Crippen molar-refractivity contribution in [2.45, 2.75) is 11.8 Å². The lowest BCUT2D eigenvalue weighted by Gasteiger charge is -2.07. The van der Waals surface area contributed by atoms with E-state index in [0.29, 0.717) is 18.1 Å². The van der Waals surface area contributed by atoms with Gasteiger partial charge in [0.2, 0.25) is 5.91 Å². The van der Waals surface area contributed by atoms with Crippen LogP contribution in [0.25, 0.3) is 0 Å². The van der Waals surface area contributed by atoms with Crippen molar-refractivity contribution in [2.75, 3.05) is 23.8 Å². The quantitative estimate of drug-likeness (QED) is 0.538. The van der Waals surface area contributed by atoms with Gasteiger partial charge in [0.1, 0.15) is 0 Å². The van der Waals surface area contributed by atoms with Crippen molar-refractivity contribution in [3.63, 3.8) is 0 Å². The zero-order valence-corrected chi connectivity index (χ0v) is 14.2. The van der Waals surface area contributed by atoms with E-state index < -0.39 is 5.97 Å². The van der Waals surface area contributed by atoms with Gasteiger partial charge in [-0.2, -0.15) is 0 Å². The van der Waals surface area contributed by atoms with Crippen LogP contribution in [0.1, 0.15) is 5.56 Å². The highest BCUT2D eigenvalue weighted by atomic mass is 79.9. The Kier molecular flexibility index (Phi) is 8.09. The summed E-state index contributed by atoms with van der Waals surface area (Å²) in [6.45, 7) is 2.50. The first-order valence-electron chi connectivity index (χ1n) is 5.94. The van der Waals surface area contributed by atoms with Gasteiger partial charge in [0.25, 0.3) is 0 Å². The fourth-order valence-corrected chi connectivity index (χ4v) is 3.27. The van der Waals surface area contributed by atoms with Crippen molar-refractivity contribution < 1.29 is 14.7 Å². The van der Waals surface area contributed by atoms with Crippen LogP contribution in [0.15, 0.2) is 27.6 Å². The number of carboxylic acids is 1. The molecule has 0 aliphatic carbocycles. The maximum absolute atomic E-state index is 11.6. The van der Waals surface area contributed by atoms with E-state index in [1.807, 2.05) is 25.1 Å². The van der Waals surface area contributed by atoms with Crippen LogP contribution in [-0.2, 0) is 9.59 Å². The van der Waals surface area contributed by atoms with Gasteiger partial charge in [-0.05, 0) is 30.7 Å². The fraction of sp³-hybridized carbons (Fsp3) is 0.385. The molecule has 0 saturated carbocycles.